The molecule has 1 aliphatic heterocycles. The van der Waals surface area contributed by atoms with Crippen LogP contribution in [-0.4, -0.2) is 52.5 Å². The number of hydrogen-bond donors (Lipinski definition) is 1. The van der Waals surface area contributed by atoms with Gasteiger partial charge in [-0.2, -0.15) is 0 Å². The number of carbonyl (C=O) groups is 2. The third-order valence-corrected chi connectivity index (χ3v) is 8.02. The van der Waals surface area contributed by atoms with E-state index in [2.05, 4.69) is 10.1 Å². The maximum Gasteiger partial charge on any atom is 0.270 e. The molecule has 1 unspecified atom stereocenters. The number of carbonyl (C=O) groups excluding carboxylic acids is 2. The molecule has 4 aromatic rings. The van der Waals surface area contributed by atoms with Gasteiger partial charge in [-0.05, 0) is 37.3 Å². The number of likely N-dealkylation sites (tertiary alicyclic amines) is 1. The van der Waals surface area contributed by atoms with Crippen LogP contribution in [0.15, 0.2) is 63.8 Å². The predicted octanol–water partition coefficient (Wildman–Crippen LogP) is 5.33. The molecule has 1 aromatic carbocycles. The number of hydrogen-bond acceptors (Lipinski definition) is 8. The van der Waals surface area contributed by atoms with Crippen LogP contribution < -0.4 is 10.6 Å². The number of nitrogens with two attached hydrogens (primary N) is 1. The van der Waals surface area contributed by atoms with Crippen molar-refractivity contribution in [1.82, 2.24) is 15.0 Å². The molecule has 2 amide bonds. The van der Waals surface area contributed by atoms with Crippen LogP contribution >= 0.6 is 35.1 Å². The summed E-state index contributed by atoms with van der Waals surface area (Å²) in [7, 11) is 0. The number of anilines is 1. The number of nitrogens with zero attached hydrogens (tertiary/aromatic N) is 4. The summed E-state index contributed by atoms with van der Waals surface area (Å²) in [5.41, 5.74) is 7.96. The minimum atomic E-state index is -0.271. The van der Waals surface area contributed by atoms with Gasteiger partial charge >= 0.3 is 0 Å². The van der Waals surface area contributed by atoms with E-state index in [0.29, 0.717) is 41.0 Å². The smallest absolute Gasteiger partial charge is 0.270 e. The van der Waals surface area contributed by atoms with Crippen molar-refractivity contribution < 1.29 is 14.1 Å². The van der Waals surface area contributed by atoms with Crippen LogP contribution in [0.3, 0.4) is 0 Å². The van der Waals surface area contributed by atoms with Gasteiger partial charge in [0.15, 0.2) is 10.9 Å². The van der Waals surface area contributed by atoms with Crippen molar-refractivity contribution in [2.75, 3.05) is 24.5 Å². The number of amides is 2. The largest absolute Gasteiger partial charge is 0.368 e. The van der Waals surface area contributed by atoms with Crippen LogP contribution in [-0.2, 0) is 4.79 Å². The maximum atomic E-state index is 13.4. The Balaban J connectivity index is 0.00000320. The Morgan fingerprint density at radius 2 is 1.95 bits per heavy atom. The molecule has 1 fully saturated rings. The standard InChI is InChI=1S/C26H27N5O3S2.ClH/c27-24(32)21-10-4-5-12-30(21)13-7-14-31(25(33)23-11-6-15-35-23)26-28-20(17-36-26)22-16-19(29-34-22)18-8-2-1-3-9-18;/h1-3,6,8-9,11,15-17,21H,4-5,7,10,12-14H2,(H2,27,32);1H. The summed E-state index contributed by atoms with van der Waals surface area (Å²) < 4.78 is 5.57. The molecule has 1 aliphatic rings. The third kappa shape index (κ3) is 6.27. The zero-order valence-corrected chi connectivity index (χ0v) is 22.6. The van der Waals surface area contributed by atoms with Gasteiger partial charge in [0.05, 0.1) is 10.9 Å². The van der Waals surface area contributed by atoms with Crippen molar-refractivity contribution in [3.05, 3.63) is 64.2 Å². The molecule has 8 nitrogen and oxygen atoms in total. The Hall–Kier alpha value is -3.05. The van der Waals surface area contributed by atoms with E-state index >= 15 is 0 Å². The third-order valence-electron chi connectivity index (χ3n) is 6.30. The number of rotatable bonds is 9. The summed E-state index contributed by atoms with van der Waals surface area (Å²) in [6.07, 6.45) is 3.57. The number of halogens is 1. The Morgan fingerprint density at radius 3 is 2.70 bits per heavy atom. The minimum absolute atomic E-state index is 0. The van der Waals surface area contributed by atoms with Gasteiger partial charge in [-0.3, -0.25) is 19.4 Å². The molecule has 37 heavy (non-hydrogen) atoms. The highest BCUT2D eigenvalue weighted by atomic mass is 35.5. The topological polar surface area (TPSA) is 106 Å². The summed E-state index contributed by atoms with van der Waals surface area (Å²) >= 11 is 2.81. The lowest BCUT2D eigenvalue weighted by atomic mass is 10.0. The van der Waals surface area contributed by atoms with E-state index in [9.17, 15) is 9.59 Å². The molecular formula is C26H28ClN5O3S2. The summed E-state index contributed by atoms with van der Waals surface area (Å²) in [5.74, 6) is 0.198. The molecule has 194 valence electrons. The van der Waals surface area contributed by atoms with Crippen LogP contribution in [0.5, 0.6) is 0 Å². The minimum Gasteiger partial charge on any atom is -0.368 e. The number of aromatic nitrogens is 2. The van der Waals surface area contributed by atoms with Gasteiger partial charge in [-0.1, -0.05) is 48.0 Å². The molecule has 0 spiro atoms. The zero-order valence-electron chi connectivity index (χ0n) is 20.1. The van der Waals surface area contributed by atoms with Crippen molar-refractivity contribution in [2.45, 2.75) is 31.7 Å². The lowest BCUT2D eigenvalue weighted by Crippen LogP contribution is -2.48. The number of benzene rings is 1. The van der Waals surface area contributed by atoms with E-state index in [1.807, 2.05) is 59.3 Å². The number of thiophene rings is 1. The van der Waals surface area contributed by atoms with E-state index in [1.54, 1.807) is 4.90 Å². The van der Waals surface area contributed by atoms with Gasteiger partial charge in [-0.25, -0.2) is 4.98 Å². The molecule has 0 saturated carbocycles. The van der Waals surface area contributed by atoms with Crippen LogP contribution in [0.25, 0.3) is 22.7 Å². The van der Waals surface area contributed by atoms with Crippen LogP contribution in [0.1, 0.15) is 35.4 Å². The first kappa shape index (κ1) is 27.0. The Bertz CT molecular complexity index is 1310. The van der Waals surface area contributed by atoms with Crippen molar-refractivity contribution in [1.29, 1.82) is 0 Å². The highest BCUT2D eigenvalue weighted by Gasteiger charge is 2.28. The summed E-state index contributed by atoms with van der Waals surface area (Å²) in [4.78, 5) is 34.5. The van der Waals surface area contributed by atoms with Crippen molar-refractivity contribution >= 4 is 52.0 Å². The Labute approximate surface area is 229 Å². The van der Waals surface area contributed by atoms with E-state index in [-0.39, 0.29) is 30.3 Å². The quantitative estimate of drug-likeness (QED) is 0.298. The fourth-order valence-electron chi connectivity index (χ4n) is 4.47. The molecule has 1 saturated heterocycles. The lowest BCUT2D eigenvalue weighted by molar-refractivity contribution is -0.124. The van der Waals surface area contributed by atoms with E-state index in [4.69, 9.17) is 15.2 Å². The zero-order chi connectivity index (χ0) is 24.9. The lowest BCUT2D eigenvalue weighted by Gasteiger charge is -2.34. The highest BCUT2D eigenvalue weighted by molar-refractivity contribution is 7.14. The monoisotopic (exact) mass is 557 g/mol. The van der Waals surface area contributed by atoms with Gasteiger partial charge in [0.1, 0.15) is 11.4 Å². The average Bonchev–Trinajstić information content (AvgIpc) is 3.68. The van der Waals surface area contributed by atoms with Crippen molar-refractivity contribution in [2.24, 2.45) is 5.73 Å². The summed E-state index contributed by atoms with van der Waals surface area (Å²) in [6.45, 7) is 2.03. The van der Waals surface area contributed by atoms with E-state index < -0.39 is 0 Å². The molecule has 3 aromatic heterocycles. The van der Waals surface area contributed by atoms with Crippen LogP contribution in [0.2, 0.25) is 0 Å². The van der Waals surface area contributed by atoms with Crippen molar-refractivity contribution in [3.8, 4) is 22.7 Å². The number of piperidine rings is 1. The molecule has 5 rings (SSSR count). The Kier molecular flexibility index (Phi) is 9.09. The molecule has 4 heterocycles. The fourth-order valence-corrected chi connectivity index (χ4v) is 5.98. The van der Waals surface area contributed by atoms with E-state index in [0.717, 1.165) is 37.1 Å². The average molecular weight is 558 g/mol. The van der Waals surface area contributed by atoms with Crippen molar-refractivity contribution in [3.63, 3.8) is 0 Å². The molecule has 0 bridgehead atoms. The van der Waals surface area contributed by atoms with Gasteiger partial charge in [0.25, 0.3) is 5.91 Å². The van der Waals surface area contributed by atoms with Gasteiger partial charge in [-0.15, -0.1) is 35.1 Å². The first-order valence-electron chi connectivity index (χ1n) is 12.0. The SMILES string of the molecule is Cl.NC(=O)C1CCCCN1CCCN(C(=O)c1cccs1)c1nc(-c2cc(-c3ccccc3)no2)cs1. The Morgan fingerprint density at radius 1 is 1.11 bits per heavy atom. The van der Waals surface area contributed by atoms with Gasteiger partial charge in [0, 0.05) is 30.1 Å². The van der Waals surface area contributed by atoms with Crippen LogP contribution in [0.4, 0.5) is 5.13 Å². The first-order valence-corrected chi connectivity index (χ1v) is 13.7. The second kappa shape index (κ2) is 12.5. The molecule has 1 atom stereocenters. The van der Waals surface area contributed by atoms with Gasteiger partial charge in [0.2, 0.25) is 5.91 Å². The number of primary amides is 1. The normalized spacial score (nSPS) is 15.7. The number of thiazole rings is 1. The maximum absolute atomic E-state index is 13.4. The fraction of sp³-hybridized carbons (Fsp3) is 0.308. The molecule has 2 N–H and O–H groups in total. The molecule has 0 radical (unpaired) electrons. The van der Waals surface area contributed by atoms with E-state index in [1.165, 1.54) is 22.7 Å². The molecule has 0 aliphatic carbocycles. The second-order valence-corrected chi connectivity index (χ2v) is 10.5. The first-order chi connectivity index (χ1) is 17.6. The van der Waals surface area contributed by atoms with Gasteiger partial charge < -0.3 is 10.3 Å². The van der Waals surface area contributed by atoms with Crippen LogP contribution in [0, 0.1) is 0 Å². The molecule has 11 heteroatoms. The summed E-state index contributed by atoms with van der Waals surface area (Å²) in [5, 5.41) is 8.56. The summed E-state index contributed by atoms with van der Waals surface area (Å²) in [6, 6.07) is 15.1. The highest BCUT2D eigenvalue weighted by Crippen LogP contribution is 2.31. The second-order valence-electron chi connectivity index (χ2n) is 8.70. The molecular weight excluding hydrogens is 530 g/mol. The predicted molar refractivity (Wildman–Crippen MR) is 149 cm³/mol.